The topological polar surface area (TPSA) is 56.2 Å². The lowest BCUT2D eigenvalue weighted by Crippen LogP contribution is -2.35. The van der Waals surface area contributed by atoms with Crippen LogP contribution in [0.1, 0.15) is 25.7 Å². The first kappa shape index (κ1) is 11.2. The lowest BCUT2D eigenvalue weighted by molar-refractivity contribution is -0.114. The van der Waals surface area contributed by atoms with E-state index in [9.17, 15) is 4.79 Å². The second-order valence-corrected chi connectivity index (χ2v) is 3.69. The number of amides is 1. The maximum Gasteiger partial charge on any atom is 0.261 e. The first-order valence-corrected chi connectivity index (χ1v) is 5.33. The zero-order valence-electron chi connectivity index (χ0n) is 8.59. The average Bonchev–Trinajstić information content (AvgIpc) is 2.46. The summed E-state index contributed by atoms with van der Waals surface area (Å²) in [5.74, 6) is -0.292. The van der Waals surface area contributed by atoms with E-state index >= 15 is 0 Å². The number of carbonyl (C=O) groups excluding carboxylic acids is 1. The van der Waals surface area contributed by atoms with Gasteiger partial charge in [-0.3, -0.25) is 4.79 Å². The Bertz CT molecular complexity index is 186. The van der Waals surface area contributed by atoms with Crippen LogP contribution in [0.4, 0.5) is 0 Å². The summed E-state index contributed by atoms with van der Waals surface area (Å²) in [4.78, 5) is 13.1. The molecule has 0 spiro atoms. The van der Waals surface area contributed by atoms with Crippen LogP contribution in [0, 0.1) is 5.41 Å². The molecule has 0 aromatic rings. The van der Waals surface area contributed by atoms with Crippen molar-refractivity contribution >= 4 is 12.1 Å². The molecule has 14 heavy (non-hydrogen) atoms. The molecule has 0 unspecified atom stereocenters. The van der Waals surface area contributed by atoms with Crippen LogP contribution in [0.15, 0.2) is 0 Å². The second kappa shape index (κ2) is 6.54. The van der Waals surface area contributed by atoms with Gasteiger partial charge in [-0.05, 0) is 25.9 Å². The van der Waals surface area contributed by atoms with Crippen molar-refractivity contribution in [3.8, 4) is 0 Å². The summed E-state index contributed by atoms with van der Waals surface area (Å²) in [6, 6.07) is 0. The zero-order valence-corrected chi connectivity index (χ0v) is 8.59. The fourth-order valence-electron chi connectivity index (χ4n) is 1.75. The van der Waals surface area contributed by atoms with Gasteiger partial charge in [0.1, 0.15) is 0 Å². The van der Waals surface area contributed by atoms with E-state index in [1.54, 1.807) is 0 Å². The fraction of sp³-hybridized carbons (Fsp3) is 0.800. The van der Waals surface area contributed by atoms with Crippen molar-refractivity contribution in [1.82, 2.24) is 10.2 Å². The molecule has 1 aliphatic rings. The van der Waals surface area contributed by atoms with Crippen molar-refractivity contribution in [2.75, 3.05) is 26.2 Å². The SMILES string of the molecule is N=CC(=O)NCCN1CCCCCC1. The summed E-state index contributed by atoms with van der Waals surface area (Å²) in [5, 5.41) is 9.39. The molecule has 0 saturated carbocycles. The minimum atomic E-state index is -0.292. The van der Waals surface area contributed by atoms with Crippen LogP contribution in [-0.4, -0.2) is 43.2 Å². The first-order chi connectivity index (χ1) is 6.83. The molecule has 0 aromatic carbocycles. The lowest BCUT2D eigenvalue weighted by atomic mass is 10.2. The third kappa shape index (κ3) is 4.37. The van der Waals surface area contributed by atoms with Gasteiger partial charge in [-0.2, -0.15) is 0 Å². The first-order valence-electron chi connectivity index (χ1n) is 5.33. The van der Waals surface area contributed by atoms with Crippen LogP contribution in [0.25, 0.3) is 0 Å². The third-order valence-electron chi connectivity index (χ3n) is 2.56. The molecule has 80 valence electrons. The molecule has 0 aromatic heterocycles. The summed E-state index contributed by atoms with van der Waals surface area (Å²) in [7, 11) is 0. The highest BCUT2D eigenvalue weighted by Gasteiger charge is 2.08. The quantitative estimate of drug-likeness (QED) is 0.649. The Morgan fingerprint density at radius 3 is 2.50 bits per heavy atom. The Morgan fingerprint density at radius 1 is 1.29 bits per heavy atom. The number of nitrogens with one attached hydrogen (secondary N) is 2. The lowest BCUT2D eigenvalue weighted by Gasteiger charge is -2.19. The summed E-state index contributed by atoms with van der Waals surface area (Å²) in [5.41, 5.74) is 0. The molecule has 1 fully saturated rings. The Labute approximate surface area is 85.2 Å². The molecular formula is C10H19N3O. The summed E-state index contributed by atoms with van der Waals surface area (Å²) < 4.78 is 0. The highest BCUT2D eigenvalue weighted by molar-refractivity contribution is 6.24. The Balaban J connectivity index is 2.10. The van der Waals surface area contributed by atoms with Crippen LogP contribution in [0.5, 0.6) is 0 Å². The van der Waals surface area contributed by atoms with E-state index in [0.717, 1.165) is 25.8 Å². The van der Waals surface area contributed by atoms with Crippen LogP contribution in [-0.2, 0) is 4.79 Å². The number of carbonyl (C=O) groups is 1. The average molecular weight is 197 g/mol. The molecule has 0 atom stereocenters. The summed E-state index contributed by atoms with van der Waals surface area (Å²) in [6.45, 7) is 3.88. The van der Waals surface area contributed by atoms with E-state index in [2.05, 4.69) is 10.2 Å². The van der Waals surface area contributed by atoms with Crippen molar-refractivity contribution in [3.05, 3.63) is 0 Å². The van der Waals surface area contributed by atoms with E-state index in [-0.39, 0.29) is 5.91 Å². The minimum absolute atomic E-state index is 0.292. The van der Waals surface area contributed by atoms with Gasteiger partial charge in [-0.1, -0.05) is 12.8 Å². The highest BCUT2D eigenvalue weighted by Crippen LogP contribution is 2.08. The molecular weight excluding hydrogens is 178 g/mol. The van der Waals surface area contributed by atoms with E-state index in [1.807, 2.05) is 0 Å². The van der Waals surface area contributed by atoms with Gasteiger partial charge in [0.25, 0.3) is 5.91 Å². The van der Waals surface area contributed by atoms with Gasteiger partial charge in [-0.15, -0.1) is 0 Å². The van der Waals surface area contributed by atoms with E-state index < -0.39 is 0 Å². The number of hydrogen-bond acceptors (Lipinski definition) is 3. The van der Waals surface area contributed by atoms with Gasteiger partial charge < -0.3 is 15.6 Å². The van der Waals surface area contributed by atoms with Gasteiger partial charge in [0.2, 0.25) is 0 Å². The molecule has 1 heterocycles. The summed E-state index contributed by atoms with van der Waals surface area (Å²) >= 11 is 0. The van der Waals surface area contributed by atoms with Crippen molar-refractivity contribution in [1.29, 1.82) is 5.41 Å². The van der Waals surface area contributed by atoms with Gasteiger partial charge in [0.15, 0.2) is 0 Å². The number of rotatable bonds is 4. The Morgan fingerprint density at radius 2 is 1.93 bits per heavy atom. The molecule has 1 aliphatic heterocycles. The number of hydrogen-bond donors (Lipinski definition) is 2. The molecule has 1 amide bonds. The van der Waals surface area contributed by atoms with Gasteiger partial charge >= 0.3 is 0 Å². The molecule has 2 N–H and O–H groups in total. The third-order valence-corrected chi connectivity index (χ3v) is 2.56. The molecule has 1 saturated heterocycles. The maximum absolute atomic E-state index is 10.7. The molecule has 4 heteroatoms. The minimum Gasteiger partial charge on any atom is -0.350 e. The number of likely N-dealkylation sites (tertiary alicyclic amines) is 1. The second-order valence-electron chi connectivity index (χ2n) is 3.69. The van der Waals surface area contributed by atoms with Crippen LogP contribution in [0.2, 0.25) is 0 Å². The van der Waals surface area contributed by atoms with Crippen LogP contribution in [0.3, 0.4) is 0 Å². The smallest absolute Gasteiger partial charge is 0.261 e. The van der Waals surface area contributed by atoms with E-state index in [0.29, 0.717) is 6.54 Å². The Kier molecular flexibility index (Phi) is 5.22. The maximum atomic E-state index is 10.7. The molecule has 0 bridgehead atoms. The van der Waals surface area contributed by atoms with Crippen molar-refractivity contribution in [3.63, 3.8) is 0 Å². The van der Waals surface area contributed by atoms with Gasteiger partial charge in [-0.25, -0.2) is 0 Å². The zero-order chi connectivity index (χ0) is 10.2. The van der Waals surface area contributed by atoms with E-state index in [4.69, 9.17) is 5.41 Å². The Hall–Kier alpha value is -0.900. The highest BCUT2D eigenvalue weighted by atomic mass is 16.1. The molecule has 1 rings (SSSR count). The van der Waals surface area contributed by atoms with Crippen molar-refractivity contribution in [2.45, 2.75) is 25.7 Å². The van der Waals surface area contributed by atoms with Crippen molar-refractivity contribution < 1.29 is 4.79 Å². The number of nitrogens with zero attached hydrogens (tertiary/aromatic N) is 1. The van der Waals surface area contributed by atoms with Crippen LogP contribution >= 0.6 is 0 Å². The predicted molar refractivity (Wildman–Crippen MR) is 56.7 cm³/mol. The normalized spacial score (nSPS) is 18.6. The van der Waals surface area contributed by atoms with Crippen molar-refractivity contribution in [2.24, 2.45) is 0 Å². The predicted octanol–water partition coefficient (Wildman–Crippen LogP) is 0.628. The monoisotopic (exact) mass is 197 g/mol. The summed E-state index contributed by atoms with van der Waals surface area (Å²) in [6.07, 6.45) is 6.05. The molecule has 4 nitrogen and oxygen atoms in total. The fourth-order valence-corrected chi connectivity index (χ4v) is 1.75. The van der Waals surface area contributed by atoms with Gasteiger partial charge in [0.05, 0.1) is 6.21 Å². The van der Waals surface area contributed by atoms with Gasteiger partial charge in [0, 0.05) is 13.1 Å². The molecule has 0 aliphatic carbocycles. The standard InChI is InChI=1S/C10H19N3O/c11-9-10(14)12-5-8-13-6-3-1-2-4-7-13/h9,11H,1-8H2,(H,12,14). The largest absolute Gasteiger partial charge is 0.350 e. The van der Waals surface area contributed by atoms with E-state index in [1.165, 1.54) is 25.7 Å². The van der Waals surface area contributed by atoms with Crippen LogP contribution < -0.4 is 5.32 Å². The molecule has 0 radical (unpaired) electrons.